The fraction of sp³-hybridized carbons (Fsp3) is 0.267. The lowest BCUT2D eigenvalue weighted by Crippen LogP contribution is -2.50. The Balaban J connectivity index is 2.37. The Morgan fingerprint density at radius 1 is 1.13 bits per heavy atom. The summed E-state index contributed by atoms with van der Waals surface area (Å²) < 4.78 is 3.90. The van der Waals surface area contributed by atoms with Crippen LogP contribution < -0.4 is 10.1 Å². The maximum absolute atomic E-state index is 11.8. The average Bonchev–Trinajstić information content (AvgIpc) is 2.48. The molecule has 0 saturated heterocycles. The van der Waals surface area contributed by atoms with Crippen molar-refractivity contribution >= 4 is 63.2 Å². The number of amides is 2. The predicted molar refractivity (Wildman–Crippen MR) is 95.9 cm³/mol. The van der Waals surface area contributed by atoms with Crippen LogP contribution in [0.2, 0.25) is 5.02 Å². The Morgan fingerprint density at radius 2 is 1.74 bits per heavy atom. The molecule has 1 atom stereocenters. The summed E-state index contributed by atoms with van der Waals surface area (Å²) in [4.78, 5) is 13.2. The van der Waals surface area contributed by atoms with Crippen LogP contribution in [0.3, 0.4) is 0 Å². The zero-order valence-electron chi connectivity index (χ0n) is 12.3. The van der Waals surface area contributed by atoms with E-state index in [1.165, 1.54) is 4.90 Å². The molecule has 0 saturated carbocycles. The number of alkyl halides is 3. The van der Waals surface area contributed by atoms with E-state index in [0.717, 1.165) is 10.8 Å². The second-order valence-corrected chi connectivity index (χ2v) is 7.75. The van der Waals surface area contributed by atoms with Crippen LogP contribution in [0.25, 0.3) is 10.8 Å². The molecule has 0 fully saturated rings. The van der Waals surface area contributed by atoms with Crippen LogP contribution >= 0.6 is 46.4 Å². The monoisotopic (exact) mass is 394 g/mol. The van der Waals surface area contributed by atoms with Gasteiger partial charge in [-0.1, -0.05) is 70.7 Å². The van der Waals surface area contributed by atoms with Gasteiger partial charge in [-0.15, -0.1) is 0 Å². The number of hydrogen-bond donors (Lipinski definition) is 1. The average molecular weight is 396 g/mol. The van der Waals surface area contributed by atoms with Crippen molar-refractivity contribution in [1.82, 2.24) is 10.2 Å². The number of benzene rings is 2. The van der Waals surface area contributed by atoms with Crippen molar-refractivity contribution < 1.29 is 9.53 Å². The van der Waals surface area contributed by atoms with Crippen molar-refractivity contribution in [2.24, 2.45) is 0 Å². The molecule has 8 heteroatoms. The number of nitrogens with one attached hydrogen (secondary N) is 1. The third-order valence-electron chi connectivity index (χ3n) is 3.03. The van der Waals surface area contributed by atoms with E-state index in [9.17, 15) is 4.79 Å². The van der Waals surface area contributed by atoms with Crippen LogP contribution in [0.1, 0.15) is 0 Å². The first-order valence-corrected chi connectivity index (χ1v) is 8.10. The molecule has 0 unspecified atom stereocenters. The van der Waals surface area contributed by atoms with E-state index >= 15 is 0 Å². The van der Waals surface area contributed by atoms with Gasteiger partial charge in [0.2, 0.25) is 10.0 Å². The summed E-state index contributed by atoms with van der Waals surface area (Å²) in [5.74, 6) is 0.445. The lowest BCUT2D eigenvalue weighted by Gasteiger charge is -2.28. The molecular formula is C15H14Cl4N2O2. The summed E-state index contributed by atoms with van der Waals surface area (Å²) in [5.41, 5.74) is 0. The Morgan fingerprint density at radius 3 is 2.30 bits per heavy atom. The number of carbonyl (C=O) groups is 1. The van der Waals surface area contributed by atoms with Crippen molar-refractivity contribution in [3.05, 3.63) is 41.4 Å². The highest BCUT2D eigenvalue weighted by Gasteiger charge is 2.36. The molecule has 1 N–H and O–H groups in total. The standard InChI is InChI=1S/C15H14Cl4N2O2/c1-21(2)14(22)20-13(15(17,18)19)23-12-8-7-11(16)9-5-3-4-6-10(9)12/h3-8,13H,1-2H3,(H,20,22)/t13-/m1/s1. The highest BCUT2D eigenvalue weighted by atomic mass is 35.6. The second kappa shape index (κ2) is 7.22. The molecule has 0 radical (unpaired) electrons. The van der Waals surface area contributed by atoms with Crippen LogP contribution in [-0.2, 0) is 0 Å². The van der Waals surface area contributed by atoms with Gasteiger partial charge < -0.3 is 9.64 Å². The van der Waals surface area contributed by atoms with Crippen molar-refractivity contribution in [3.63, 3.8) is 0 Å². The van der Waals surface area contributed by atoms with Gasteiger partial charge in [0, 0.05) is 29.9 Å². The molecule has 4 nitrogen and oxygen atoms in total. The molecule has 0 aliphatic rings. The van der Waals surface area contributed by atoms with E-state index in [0.29, 0.717) is 10.8 Å². The molecule has 0 aliphatic heterocycles. The molecule has 0 aromatic heterocycles. The number of hydrogen-bond acceptors (Lipinski definition) is 2. The fourth-order valence-electron chi connectivity index (χ4n) is 1.88. The maximum atomic E-state index is 11.8. The van der Waals surface area contributed by atoms with Gasteiger partial charge in [-0.3, -0.25) is 5.32 Å². The minimum atomic E-state index is -1.85. The van der Waals surface area contributed by atoms with Crippen LogP contribution in [0.4, 0.5) is 4.79 Å². The van der Waals surface area contributed by atoms with Crippen molar-refractivity contribution in [3.8, 4) is 5.75 Å². The molecule has 0 spiro atoms. The smallest absolute Gasteiger partial charge is 0.319 e. The lowest BCUT2D eigenvalue weighted by atomic mass is 10.1. The van der Waals surface area contributed by atoms with Gasteiger partial charge in [0.1, 0.15) is 5.75 Å². The van der Waals surface area contributed by atoms with Gasteiger partial charge in [0.15, 0.2) is 0 Å². The fourth-order valence-corrected chi connectivity index (χ4v) is 2.41. The highest BCUT2D eigenvalue weighted by Crippen LogP contribution is 2.36. The largest absolute Gasteiger partial charge is 0.465 e. The van der Waals surface area contributed by atoms with E-state index in [-0.39, 0.29) is 0 Å². The third-order valence-corrected chi connectivity index (χ3v) is 3.96. The zero-order valence-corrected chi connectivity index (χ0v) is 15.3. The Hall–Kier alpha value is -1.07. The molecule has 23 heavy (non-hydrogen) atoms. The first-order chi connectivity index (χ1) is 10.7. The molecular weight excluding hydrogens is 382 g/mol. The van der Waals surface area contributed by atoms with Crippen molar-refractivity contribution in [2.75, 3.05) is 14.1 Å². The molecule has 0 bridgehead atoms. The molecule has 2 aromatic rings. The van der Waals surface area contributed by atoms with Gasteiger partial charge in [0.25, 0.3) is 0 Å². The SMILES string of the molecule is CN(C)C(=O)N[C@H](Oc1ccc(Cl)c2ccccc12)C(Cl)(Cl)Cl. The van der Waals surface area contributed by atoms with E-state index in [4.69, 9.17) is 51.1 Å². The van der Waals surface area contributed by atoms with Crippen molar-refractivity contribution in [2.45, 2.75) is 10.0 Å². The van der Waals surface area contributed by atoms with Gasteiger partial charge in [-0.05, 0) is 12.1 Å². The topological polar surface area (TPSA) is 41.6 Å². The maximum Gasteiger partial charge on any atom is 0.319 e. The van der Waals surface area contributed by atoms with Gasteiger partial charge in [0.05, 0.1) is 0 Å². The highest BCUT2D eigenvalue weighted by molar-refractivity contribution is 6.68. The van der Waals surface area contributed by atoms with Crippen LogP contribution in [-0.4, -0.2) is 35.0 Å². The molecule has 2 amide bonds. The van der Waals surface area contributed by atoms with Crippen LogP contribution in [0, 0.1) is 0 Å². The Kier molecular flexibility index (Phi) is 5.74. The lowest BCUT2D eigenvalue weighted by molar-refractivity contribution is 0.155. The number of carbonyl (C=O) groups excluding carboxylic acids is 1. The quantitative estimate of drug-likeness (QED) is 0.596. The molecule has 0 heterocycles. The number of fused-ring (bicyclic) bond motifs is 1. The summed E-state index contributed by atoms with van der Waals surface area (Å²) in [6, 6.07) is 10.3. The molecule has 124 valence electrons. The number of ether oxygens (including phenoxy) is 1. The second-order valence-electron chi connectivity index (χ2n) is 4.97. The van der Waals surface area contributed by atoms with Crippen molar-refractivity contribution in [1.29, 1.82) is 0 Å². The first-order valence-electron chi connectivity index (χ1n) is 6.58. The summed E-state index contributed by atoms with van der Waals surface area (Å²) in [5, 5.41) is 4.65. The number of rotatable bonds is 3. The number of nitrogens with zero attached hydrogens (tertiary/aromatic N) is 1. The van der Waals surface area contributed by atoms with Gasteiger partial charge in [-0.2, -0.15) is 0 Å². The Bertz CT molecular complexity index is 716. The third kappa shape index (κ3) is 4.48. The zero-order chi connectivity index (χ0) is 17.2. The summed E-state index contributed by atoms with van der Waals surface area (Å²) in [6.45, 7) is 0. The van der Waals surface area contributed by atoms with E-state index in [2.05, 4.69) is 5.32 Å². The molecule has 2 aromatic carbocycles. The number of urea groups is 1. The van der Waals surface area contributed by atoms with E-state index in [1.54, 1.807) is 26.2 Å². The van der Waals surface area contributed by atoms with Crippen LogP contribution in [0.5, 0.6) is 5.75 Å². The van der Waals surface area contributed by atoms with Gasteiger partial charge >= 0.3 is 6.03 Å². The summed E-state index contributed by atoms with van der Waals surface area (Å²) >= 11 is 24.0. The van der Waals surface area contributed by atoms with Gasteiger partial charge in [-0.25, -0.2) is 4.79 Å². The number of halogens is 4. The Labute approximate surface area is 154 Å². The van der Waals surface area contributed by atoms with E-state index < -0.39 is 16.1 Å². The minimum Gasteiger partial charge on any atom is -0.465 e. The normalized spacial score (nSPS) is 12.8. The molecule has 2 rings (SSSR count). The minimum absolute atomic E-state index is 0.445. The van der Waals surface area contributed by atoms with E-state index in [1.807, 2.05) is 24.3 Å². The predicted octanol–water partition coefficient (Wildman–Crippen LogP) is 4.84. The molecule has 0 aliphatic carbocycles. The first kappa shape index (κ1) is 18.3. The summed E-state index contributed by atoms with van der Waals surface area (Å²) in [7, 11) is 3.14. The van der Waals surface area contributed by atoms with Crippen LogP contribution in [0.15, 0.2) is 36.4 Å². The summed E-state index contributed by atoms with van der Waals surface area (Å²) in [6.07, 6.45) is -1.17.